The molecule has 1 saturated carbocycles. The smallest absolute Gasteiger partial charge is 0.306 e. The lowest BCUT2D eigenvalue weighted by Crippen LogP contribution is -2.15. The second-order valence-electron chi connectivity index (χ2n) is 5.30. The number of thioether (sulfide) groups is 2. The van der Waals surface area contributed by atoms with Crippen molar-refractivity contribution in [1.82, 2.24) is 0 Å². The molecule has 2 rings (SSSR count). The SMILES string of the molecule is COC(=O)CCSC1=CC(=O)C(SC2CCCCC2)=CC1=O. The summed E-state index contributed by atoms with van der Waals surface area (Å²) in [7, 11) is 1.33. The molecule has 0 unspecified atom stereocenters. The van der Waals surface area contributed by atoms with E-state index < -0.39 is 0 Å². The van der Waals surface area contributed by atoms with Crippen LogP contribution in [0.5, 0.6) is 0 Å². The number of esters is 1. The molecule has 0 aromatic heterocycles. The predicted molar refractivity (Wildman–Crippen MR) is 89.7 cm³/mol. The van der Waals surface area contributed by atoms with Crippen LogP contribution in [0.4, 0.5) is 0 Å². The van der Waals surface area contributed by atoms with E-state index in [1.807, 2.05) is 0 Å². The summed E-state index contributed by atoms with van der Waals surface area (Å²) in [6, 6.07) is 0. The maximum atomic E-state index is 12.2. The monoisotopic (exact) mass is 340 g/mol. The summed E-state index contributed by atoms with van der Waals surface area (Å²) in [6.45, 7) is 0. The van der Waals surface area contributed by atoms with E-state index in [9.17, 15) is 14.4 Å². The van der Waals surface area contributed by atoms with Crippen LogP contribution in [0.3, 0.4) is 0 Å². The zero-order valence-electron chi connectivity index (χ0n) is 12.6. The molecule has 4 nitrogen and oxygen atoms in total. The number of carbonyl (C=O) groups is 3. The van der Waals surface area contributed by atoms with Crippen molar-refractivity contribution in [3.05, 3.63) is 22.0 Å². The molecule has 0 aliphatic heterocycles. The number of ether oxygens (including phenoxy) is 1. The summed E-state index contributed by atoms with van der Waals surface area (Å²) in [5.41, 5.74) is 0. The fourth-order valence-electron chi connectivity index (χ4n) is 2.44. The Balaban J connectivity index is 1.87. The molecule has 120 valence electrons. The van der Waals surface area contributed by atoms with Gasteiger partial charge in [-0.3, -0.25) is 14.4 Å². The fourth-order valence-corrected chi connectivity index (χ4v) is 4.59. The summed E-state index contributed by atoms with van der Waals surface area (Å²) in [4.78, 5) is 36.3. The summed E-state index contributed by atoms with van der Waals surface area (Å²) in [6.07, 6.45) is 9.02. The van der Waals surface area contributed by atoms with Gasteiger partial charge in [-0.25, -0.2) is 0 Å². The Labute approximate surface area is 139 Å². The molecule has 2 aliphatic rings. The average molecular weight is 340 g/mol. The summed E-state index contributed by atoms with van der Waals surface area (Å²) >= 11 is 2.79. The van der Waals surface area contributed by atoms with Crippen LogP contribution in [0.15, 0.2) is 22.0 Å². The Hall–Kier alpha value is -1.01. The number of rotatable bonds is 6. The normalized spacial score (nSPS) is 19.7. The van der Waals surface area contributed by atoms with E-state index in [1.165, 1.54) is 50.3 Å². The lowest BCUT2D eigenvalue weighted by atomic mass is 10.0. The highest BCUT2D eigenvalue weighted by atomic mass is 32.2. The van der Waals surface area contributed by atoms with E-state index in [1.54, 1.807) is 11.8 Å². The van der Waals surface area contributed by atoms with Crippen molar-refractivity contribution in [3.63, 3.8) is 0 Å². The molecule has 0 bridgehead atoms. The minimum Gasteiger partial charge on any atom is -0.469 e. The van der Waals surface area contributed by atoms with Crippen molar-refractivity contribution in [2.24, 2.45) is 0 Å². The Morgan fingerprint density at radius 1 is 1.14 bits per heavy atom. The van der Waals surface area contributed by atoms with Crippen LogP contribution >= 0.6 is 23.5 Å². The molecule has 0 N–H and O–H groups in total. The highest BCUT2D eigenvalue weighted by Gasteiger charge is 2.24. The lowest BCUT2D eigenvalue weighted by Gasteiger charge is -2.22. The summed E-state index contributed by atoms with van der Waals surface area (Å²) < 4.78 is 4.55. The molecule has 0 aromatic carbocycles. The molecular weight excluding hydrogens is 320 g/mol. The first-order chi connectivity index (χ1) is 10.6. The van der Waals surface area contributed by atoms with Gasteiger partial charge in [0, 0.05) is 23.2 Å². The Bertz CT molecular complexity index is 516. The number of allylic oxidation sites excluding steroid dienone is 4. The molecular formula is C16H20O4S2. The Morgan fingerprint density at radius 3 is 2.45 bits per heavy atom. The topological polar surface area (TPSA) is 60.4 Å². The molecule has 0 atom stereocenters. The largest absolute Gasteiger partial charge is 0.469 e. The number of ketones is 2. The van der Waals surface area contributed by atoms with Gasteiger partial charge in [0.05, 0.1) is 23.3 Å². The van der Waals surface area contributed by atoms with Gasteiger partial charge in [0.25, 0.3) is 0 Å². The molecule has 0 radical (unpaired) electrons. The summed E-state index contributed by atoms with van der Waals surface area (Å²) in [5, 5.41) is 0.457. The maximum Gasteiger partial charge on any atom is 0.306 e. The van der Waals surface area contributed by atoms with Crippen LogP contribution in [0, 0.1) is 0 Å². The van der Waals surface area contributed by atoms with Crippen molar-refractivity contribution in [3.8, 4) is 0 Å². The quantitative estimate of drug-likeness (QED) is 0.546. The number of methoxy groups -OCH3 is 1. The van der Waals surface area contributed by atoms with Gasteiger partial charge >= 0.3 is 5.97 Å². The molecule has 1 fully saturated rings. The van der Waals surface area contributed by atoms with Gasteiger partial charge in [0.2, 0.25) is 0 Å². The van der Waals surface area contributed by atoms with Gasteiger partial charge in [0.1, 0.15) is 0 Å². The standard InChI is InChI=1S/C16H20O4S2/c1-20-16(19)7-8-21-14-9-13(18)15(10-12(14)17)22-11-5-3-2-4-6-11/h9-11H,2-8H2,1H3. The molecule has 0 heterocycles. The first-order valence-electron chi connectivity index (χ1n) is 7.48. The van der Waals surface area contributed by atoms with E-state index >= 15 is 0 Å². The van der Waals surface area contributed by atoms with Crippen LogP contribution in [0.25, 0.3) is 0 Å². The molecule has 0 aromatic rings. The minimum absolute atomic E-state index is 0.0873. The van der Waals surface area contributed by atoms with Gasteiger partial charge in [-0.1, -0.05) is 19.3 Å². The maximum absolute atomic E-state index is 12.2. The van der Waals surface area contributed by atoms with Gasteiger partial charge in [-0.2, -0.15) is 0 Å². The van der Waals surface area contributed by atoms with Crippen LogP contribution in [0.1, 0.15) is 38.5 Å². The first-order valence-corrected chi connectivity index (χ1v) is 9.35. The minimum atomic E-state index is -0.313. The van der Waals surface area contributed by atoms with Gasteiger partial charge < -0.3 is 4.74 Å². The molecule has 6 heteroatoms. The van der Waals surface area contributed by atoms with Crippen molar-refractivity contribution in [1.29, 1.82) is 0 Å². The van der Waals surface area contributed by atoms with E-state index in [4.69, 9.17) is 0 Å². The lowest BCUT2D eigenvalue weighted by molar-refractivity contribution is -0.140. The predicted octanol–water partition coefficient (Wildman–Crippen LogP) is 3.27. The fraction of sp³-hybridized carbons (Fsp3) is 0.562. The second-order valence-corrected chi connectivity index (χ2v) is 7.78. The number of hydrogen-bond donors (Lipinski definition) is 0. The second kappa shape index (κ2) is 8.58. The molecule has 0 amide bonds. The van der Waals surface area contributed by atoms with E-state index in [0.29, 0.717) is 20.8 Å². The van der Waals surface area contributed by atoms with Crippen molar-refractivity contribution in [2.75, 3.05) is 12.9 Å². The Kier molecular flexibility index (Phi) is 6.76. The molecule has 0 spiro atoms. The third-order valence-electron chi connectivity index (χ3n) is 3.65. The summed E-state index contributed by atoms with van der Waals surface area (Å²) in [5.74, 6) is -0.0912. The van der Waals surface area contributed by atoms with Crippen molar-refractivity contribution in [2.45, 2.75) is 43.8 Å². The van der Waals surface area contributed by atoms with Gasteiger partial charge in [-0.15, -0.1) is 23.5 Å². The molecule has 0 saturated heterocycles. The van der Waals surface area contributed by atoms with Crippen LogP contribution < -0.4 is 0 Å². The van der Waals surface area contributed by atoms with Gasteiger partial charge in [0.15, 0.2) is 11.6 Å². The van der Waals surface area contributed by atoms with E-state index in [2.05, 4.69) is 4.74 Å². The first kappa shape index (κ1) is 17.3. The number of carbonyl (C=O) groups excluding carboxylic acids is 3. The molecule has 2 aliphatic carbocycles. The Morgan fingerprint density at radius 2 is 1.77 bits per heavy atom. The third kappa shape index (κ3) is 5.02. The highest BCUT2D eigenvalue weighted by Crippen LogP contribution is 2.36. The zero-order valence-corrected chi connectivity index (χ0v) is 14.3. The van der Waals surface area contributed by atoms with Crippen molar-refractivity contribution < 1.29 is 19.1 Å². The van der Waals surface area contributed by atoms with Gasteiger partial charge in [-0.05, 0) is 12.8 Å². The van der Waals surface area contributed by atoms with E-state index in [-0.39, 0.29) is 24.0 Å². The zero-order chi connectivity index (χ0) is 15.9. The third-order valence-corrected chi connectivity index (χ3v) is 6.06. The van der Waals surface area contributed by atoms with Crippen LogP contribution in [-0.2, 0) is 19.1 Å². The number of hydrogen-bond acceptors (Lipinski definition) is 6. The molecule has 22 heavy (non-hydrogen) atoms. The van der Waals surface area contributed by atoms with Crippen LogP contribution in [0.2, 0.25) is 0 Å². The average Bonchev–Trinajstić information content (AvgIpc) is 2.52. The van der Waals surface area contributed by atoms with Crippen molar-refractivity contribution >= 4 is 41.1 Å². The highest BCUT2D eigenvalue weighted by molar-refractivity contribution is 8.05. The van der Waals surface area contributed by atoms with E-state index in [0.717, 1.165) is 12.8 Å². The van der Waals surface area contributed by atoms with Crippen LogP contribution in [-0.4, -0.2) is 35.6 Å².